The number of hydrogen-bond donors (Lipinski definition) is 3. The van der Waals surface area contributed by atoms with E-state index in [2.05, 4.69) is 5.43 Å². The first-order chi connectivity index (χ1) is 5.33. The van der Waals surface area contributed by atoms with Crippen molar-refractivity contribution in [1.82, 2.24) is 15.9 Å². The molecule has 64 valence electrons. The molecule has 11 heavy (non-hydrogen) atoms. The van der Waals surface area contributed by atoms with Crippen molar-refractivity contribution in [3.63, 3.8) is 0 Å². The summed E-state index contributed by atoms with van der Waals surface area (Å²) in [5, 5.41) is 9.98. The second kappa shape index (κ2) is 4.15. The van der Waals surface area contributed by atoms with Gasteiger partial charge in [0.25, 0.3) is 0 Å². The monoisotopic (exact) mass is 159 g/mol. The number of nitrogens with one attached hydrogen (secondary N) is 2. The number of carbonyl (C=O) groups is 1. The van der Waals surface area contributed by atoms with Crippen LogP contribution in [0.2, 0.25) is 0 Å². The third-order valence-corrected chi connectivity index (χ3v) is 1.72. The Bertz CT molecular complexity index is 134. The summed E-state index contributed by atoms with van der Waals surface area (Å²) in [4.78, 5) is 10.6. The van der Waals surface area contributed by atoms with E-state index in [-0.39, 0.29) is 0 Å². The van der Waals surface area contributed by atoms with Gasteiger partial charge in [0, 0.05) is 13.1 Å². The van der Waals surface area contributed by atoms with Gasteiger partial charge in [-0.1, -0.05) is 6.42 Å². The summed E-state index contributed by atoms with van der Waals surface area (Å²) in [5.74, 6) is 0. The van der Waals surface area contributed by atoms with Crippen LogP contribution in [0.4, 0.5) is 4.79 Å². The van der Waals surface area contributed by atoms with E-state index >= 15 is 0 Å². The van der Waals surface area contributed by atoms with Gasteiger partial charge in [-0.15, -0.1) is 0 Å². The topological polar surface area (TPSA) is 64.6 Å². The molecule has 0 unspecified atom stereocenters. The lowest BCUT2D eigenvalue weighted by molar-refractivity contribution is 0.117. The summed E-state index contributed by atoms with van der Waals surface area (Å²) in [6.45, 7) is 1.74. The smallest absolute Gasteiger partial charge is 0.287 e. The minimum atomic E-state index is -0.563. The summed E-state index contributed by atoms with van der Waals surface area (Å²) >= 11 is 0. The maximum absolute atomic E-state index is 10.6. The van der Waals surface area contributed by atoms with E-state index in [0.29, 0.717) is 0 Å². The molecule has 0 atom stereocenters. The van der Waals surface area contributed by atoms with Gasteiger partial charge in [-0.2, -0.15) is 0 Å². The standard InChI is InChI=1S/C6H13N3O2/c10-6(8-11)7-9-4-2-1-3-5-9/h11H,1-5H2,(H2,7,8,10). The average molecular weight is 159 g/mol. The average Bonchev–Trinajstić information content (AvgIpc) is 2.06. The van der Waals surface area contributed by atoms with E-state index in [1.165, 1.54) is 11.9 Å². The van der Waals surface area contributed by atoms with Crippen molar-refractivity contribution in [2.45, 2.75) is 19.3 Å². The predicted octanol–water partition coefficient (Wildman–Crippen LogP) is 0.0757. The van der Waals surface area contributed by atoms with Gasteiger partial charge in [-0.3, -0.25) is 10.6 Å². The Balaban J connectivity index is 2.19. The Morgan fingerprint density at radius 3 is 2.45 bits per heavy atom. The van der Waals surface area contributed by atoms with Crippen molar-refractivity contribution in [2.24, 2.45) is 0 Å². The summed E-state index contributed by atoms with van der Waals surface area (Å²) in [5.41, 5.74) is 4.02. The molecule has 5 nitrogen and oxygen atoms in total. The number of piperidine rings is 1. The second-order valence-corrected chi connectivity index (χ2v) is 2.60. The zero-order chi connectivity index (χ0) is 8.10. The molecular weight excluding hydrogens is 146 g/mol. The van der Waals surface area contributed by atoms with Crippen molar-refractivity contribution in [2.75, 3.05) is 13.1 Å². The molecule has 1 saturated heterocycles. The first-order valence-electron chi connectivity index (χ1n) is 3.78. The molecule has 5 heteroatoms. The molecular formula is C6H13N3O2. The first kappa shape index (κ1) is 8.29. The van der Waals surface area contributed by atoms with Crippen LogP contribution in [0.3, 0.4) is 0 Å². The van der Waals surface area contributed by atoms with Gasteiger partial charge in [0.1, 0.15) is 0 Å². The summed E-state index contributed by atoms with van der Waals surface area (Å²) in [7, 11) is 0. The number of hydroxylamine groups is 1. The van der Waals surface area contributed by atoms with Crippen LogP contribution in [-0.2, 0) is 0 Å². The van der Waals surface area contributed by atoms with E-state index in [4.69, 9.17) is 5.21 Å². The van der Waals surface area contributed by atoms with Crippen LogP contribution in [0.15, 0.2) is 0 Å². The quantitative estimate of drug-likeness (QED) is 0.375. The van der Waals surface area contributed by atoms with Crippen molar-refractivity contribution >= 4 is 6.03 Å². The molecule has 0 saturated carbocycles. The maximum Gasteiger partial charge on any atom is 0.353 e. The van der Waals surface area contributed by atoms with Gasteiger partial charge < -0.3 is 0 Å². The highest BCUT2D eigenvalue weighted by Gasteiger charge is 2.11. The zero-order valence-corrected chi connectivity index (χ0v) is 6.34. The maximum atomic E-state index is 10.6. The second-order valence-electron chi connectivity index (χ2n) is 2.60. The third kappa shape index (κ3) is 2.73. The van der Waals surface area contributed by atoms with Crippen molar-refractivity contribution in [1.29, 1.82) is 0 Å². The molecule has 0 spiro atoms. The molecule has 1 rings (SSSR count). The molecule has 1 fully saturated rings. The molecule has 3 N–H and O–H groups in total. The van der Waals surface area contributed by atoms with E-state index in [0.717, 1.165) is 25.9 Å². The van der Waals surface area contributed by atoms with Crippen molar-refractivity contribution in [3.8, 4) is 0 Å². The van der Waals surface area contributed by atoms with Crippen LogP contribution in [0.25, 0.3) is 0 Å². The number of amides is 2. The Kier molecular flexibility index (Phi) is 3.13. The van der Waals surface area contributed by atoms with E-state index in [1.807, 2.05) is 0 Å². The highest BCUT2D eigenvalue weighted by molar-refractivity contribution is 5.71. The third-order valence-electron chi connectivity index (χ3n) is 1.72. The van der Waals surface area contributed by atoms with Gasteiger partial charge in [0.15, 0.2) is 0 Å². The lowest BCUT2D eigenvalue weighted by atomic mass is 10.2. The number of carbonyl (C=O) groups excluding carboxylic acids is 1. The lowest BCUT2D eigenvalue weighted by Crippen LogP contribution is -2.48. The molecule has 0 aromatic heterocycles. The summed E-state index contributed by atoms with van der Waals surface area (Å²) < 4.78 is 0. The van der Waals surface area contributed by atoms with Crippen LogP contribution < -0.4 is 10.9 Å². The SMILES string of the molecule is O=C(NO)NN1CCCCC1. The van der Waals surface area contributed by atoms with Crippen molar-refractivity contribution < 1.29 is 10.0 Å². The minimum absolute atomic E-state index is 0.563. The van der Waals surface area contributed by atoms with Crippen LogP contribution in [0.5, 0.6) is 0 Å². The summed E-state index contributed by atoms with van der Waals surface area (Å²) in [6, 6.07) is -0.563. The van der Waals surface area contributed by atoms with Crippen LogP contribution in [0.1, 0.15) is 19.3 Å². The number of hydrazine groups is 1. The molecule has 0 aromatic carbocycles. The highest BCUT2D eigenvalue weighted by Crippen LogP contribution is 2.05. The predicted molar refractivity (Wildman–Crippen MR) is 38.9 cm³/mol. The van der Waals surface area contributed by atoms with Gasteiger partial charge in [0.2, 0.25) is 0 Å². The largest absolute Gasteiger partial charge is 0.353 e. The minimum Gasteiger partial charge on any atom is -0.287 e. The van der Waals surface area contributed by atoms with Crippen LogP contribution >= 0.6 is 0 Å². The molecule has 0 aliphatic carbocycles. The fraction of sp³-hybridized carbons (Fsp3) is 0.833. The fourth-order valence-electron chi connectivity index (χ4n) is 1.17. The molecule has 0 bridgehead atoms. The van der Waals surface area contributed by atoms with Crippen LogP contribution in [0, 0.1) is 0 Å². The number of rotatable bonds is 1. The van der Waals surface area contributed by atoms with Gasteiger partial charge >= 0.3 is 6.03 Å². The molecule has 0 radical (unpaired) electrons. The molecule has 1 aliphatic heterocycles. The molecule has 1 aliphatic rings. The number of nitrogens with zero attached hydrogens (tertiary/aromatic N) is 1. The number of urea groups is 1. The van der Waals surface area contributed by atoms with Crippen molar-refractivity contribution in [3.05, 3.63) is 0 Å². The highest BCUT2D eigenvalue weighted by atomic mass is 16.5. The molecule has 1 heterocycles. The summed E-state index contributed by atoms with van der Waals surface area (Å²) in [6.07, 6.45) is 3.43. The number of hydrogen-bond acceptors (Lipinski definition) is 3. The molecule has 0 aromatic rings. The normalized spacial score (nSPS) is 19.4. The van der Waals surface area contributed by atoms with Gasteiger partial charge in [0.05, 0.1) is 0 Å². The van der Waals surface area contributed by atoms with E-state index in [9.17, 15) is 4.79 Å². The van der Waals surface area contributed by atoms with Crippen LogP contribution in [-0.4, -0.2) is 29.3 Å². The van der Waals surface area contributed by atoms with E-state index in [1.54, 1.807) is 5.01 Å². The van der Waals surface area contributed by atoms with E-state index < -0.39 is 6.03 Å². The Hall–Kier alpha value is -0.810. The first-order valence-corrected chi connectivity index (χ1v) is 3.78. The Labute approximate surface area is 65.3 Å². The lowest BCUT2D eigenvalue weighted by Gasteiger charge is -2.26. The Morgan fingerprint density at radius 2 is 1.91 bits per heavy atom. The molecule has 2 amide bonds. The Morgan fingerprint density at radius 1 is 1.27 bits per heavy atom. The zero-order valence-electron chi connectivity index (χ0n) is 6.34. The van der Waals surface area contributed by atoms with Gasteiger partial charge in [-0.05, 0) is 12.8 Å². The fourth-order valence-corrected chi connectivity index (χ4v) is 1.17. The van der Waals surface area contributed by atoms with Gasteiger partial charge in [-0.25, -0.2) is 15.3 Å².